The second-order valence-corrected chi connectivity index (χ2v) is 24.2. The van der Waals surface area contributed by atoms with Crippen LogP contribution in [0.2, 0.25) is 0 Å². The molecule has 0 radical (unpaired) electrons. The average Bonchev–Trinajstić information content (AvgIpc) is 1.71. The molecule has 3 aromatic carbocycles. The number of β-amino-alcohol motifs (C(OH)–C–C–N with tert-alkyl or cyclic N) is 1. The Morgan fingerprint density at radius 2 is 1.40 bits per heavy atom. The van der Waals surface area contributed by atoms with Crippen molar-refractivity contribution in [1.82, 2.24) is 36.4 Å². The number of carbonyl (C=O) groups excluding carboxylic acids is 7. The molecule has 0 bridgehead atoms. The van der Waals surface area contributed by atoms with E-state index in [0.717, 1.165) is 65.2 Å². The first-order valence-corrected chi connectivity index (χ1v) is 31.4. The number of phenols is 1. The first-order valence-electron chi connectivity index (χ1n) is 30.7. The number of amides is 7. The number of carbonyl (C=O) groups is 7. The van der Waals surface area contributed by atoms with Gasteiger partial charge < -0.3 is 106 Å². The van der Waals surface area contributed by atoms with Crippen LogP contribution in [0.25, 0.3) is 4.85 Å². The summed E-state index contributed by atoms with van der Waals surface area (Å²) in [7, 11) is 0. The number of aliphatic hydroxyl groups is 6. The summed E-state index contributed by atoms with van der Waals surface area (Å²) in [6.45, 7) is 11.6. The van der Waals surface area contributed by atoms with Gasteiger partial charge in [0.05, 0.1) is 49.8 Å². The quantitative estimate of drug-likeness (QED) is 0.0126. The van der Waals surface area contributed by atoms with Crippen molar-refractivity contribution in [3.8, 4) is 17.2 Å². The monoisotopic (exact) mass is 1330 g/mol. The van der Waals surface area contributed by atoms with E-state index >= 15 is 0 Å². The van der Waals surface area contributed by atoms with E-state index in [1.807, 2.05) is 24.3 Å². The Bertz CT molecular complexity index is 3050. The van der Waals surface area contributed by atoms with E-state index in [-0.39, 0.29) is 65.3 Å². The van der Waals surface area contributed by atoms with Crippen LogP contribution in [0.3, 0.4) is 0 Å². The summed E-state index contributed by atoms with van der Waals surface area (Å²) >= 11 is 0.0105. The van der Waals surface area contributed by atoms with Crippen molar-refractivity contribution in [3.63, 3.8) is 0 Å². The van der Waals surface area contributed by atoms with E-state index in [2.05, 4.69) is 50.6 Å². The number of hydrogen-bond acceptors (Lipinski definition) is 23. The molecule has 5 aliphatic rings. The minimum Gasteiger partial charge on any atom is -0.691 e. The molecule has 30 nitrogen and oxygen atoms in total. The first kappa shape index (κ1) is 73.8. The van der Waals surface area contributed by atoms with Gasteiger partial charge in [-0.2, -0.15) is 0 Å². The number of nitrogens with zero attached hydrogens (tertiary/aromatic N) is 5. The van der Waals surface area contributed by atoms with Gasteiger partial charge in [-0.3, -0.25) is 38.6 Å². The van der Waals surface area contributed by atoms with Gasteiger partial charge in [0, 0.05) is 94.4 Å². The zero-order valence-corrected chi connectivity index (χ0v) is 54.8. The summed E-state index contributed by atoms with van der Waals surface area (Å²) in [4.78, 5) is 110. The average molecular weight is 1330 g/mol. The molecule has 0 unspecified atom stereocenters. The van der Waals surface area contributed by atoms with Crippen molar-refractivity contribution in [2.75, 3.05) is 75.4 Å². The summed E-state index contributed by atoms with van der Waals surface area (Å²) in [5, 5.41) is 104. The van der Waals surface area contributed by atoms with E-state index in [1.165, 1.54) is 44.4 Å². The zero-order valence-electron chi connectivity index (χ0n) is 52.0. The number of hydrogen-bond donors (Lipinski definition) is 12. The number of ether oxygens (including phenoxy) is 2. The fourth-order valence-electron chi connectivity index (χ4n) is 12.1. The van der Waals surface area contributed by atoms with Gasteiger partial charge in [0.1, 0.15) is 42.0 Å². The molecule has 3 aromatic rings. The number of rotatable bonds is 20. The van der Waals surface area contributed by atoms with Crippen molar-refractivity contribution < 1.29 is 127 Å². The molecule has 4 aliphatic heterocycles. The van der Waals surface area contributed by atoms with Crippen LogP contribution in [0.4, 0.5) is 11.4 Å². The minimum absolute atomic E-state index is 0. The minimum atomic E-state index is -2.15. The van der Waals surface area contributed by atoms with E-state index in [0.29, 0.717) is 45.5 Å². The number of aromatic hydroxyl groups is 1. The van der Waals surface area contributed by atoms with Gasteiger partial charge in [-0.15, -0.1) is 4.33 Å². The Labute approximate surface area is 563 Å². The standard InChI is InChI=1S/C61H82N10O20S.Na/c1-34-32-71-53(54(34)78)59(83)63-30-40(73)28-44(64-55(79)37-11-13-38(14-12-37)68-20-22-69(23-21-68)39-15-17-43(18-16-39)88-25-7-24-87-42-8-5-4-6-9-42)56(80)65-50(35(2)72)60(84)70-33-41(74)29-45(70)57(81)66-51(58(82)67-52(61(71)85)48(77)31-62-3)47(76)26-36-10-19-46(75)49(27-36)89-92-91-90-86;/h10-19,27,34-35,40-42,44-45,47-48,50-54,72-78,86H,4-9,20-26,28-33H2,1-2H3,(H,63,83)(H,64,79)(H,65,80)(H,66,81)(H,67,82);/q;+1/p-1/t34-,35+,40+,41+,44+,45+,47-,48-,50+,51+,52+,53+,54+;/m1./s1. The first-order chi connectivity index (χ1) is 44.1. The maximum atomic E-state index is 14.6. The van der Waals surface area contributed by atoms with E-state index in [4.69, 9.17) is 20.2 Å². The number of anilines is 2. The van der Waals surface area contributed by atoms with Crippen molar-refractivity contribution in [3.05, 3.63) is 89.3 Å². The number of phenolic OH excluding ortho intramolecular Hbond substituents is 1. The van der Waals surface area contributed by atoms with Crippen LogP contribution in [-0.4, -0.2) is 231 Å². The third kappa shape index (κ3) is 19.8. The molecule has 4 heterocycles. The van der Waals surface area contributed by atoms with Crippen LogP contribution in [-0.2, 0) is 49.3 Å². The summed E-state index contributed by atoms with van der Waals surface area (Å²) in [5.74, 6) is -8.79. The Balaban J connectivity index is 0.0000123. The van der Waals surface area contributed by atoms with Gasteiger partial charge in [-0.05, 0) is 86.0 Å². The maximum absolute atomic E-state index is 14.6. The summed E-state index contributed by atoms with van der Waals surface area (Å²) < 4.78 is 21.2. The number of aliphatic hydroxyl groups excluding tert-OH is 6. The molecule has 32 heteroatoms. The fourth-order valence-corrected chi connectivity index (χ4v) is 12.3. The molecule has 0 aromatic heterocycles. The van der Waals surface area contributed by atoms with E-state index in [1.54, 1.807) is 12.1 Å². The molecule has 1 saturated carbocycles. The summed E-state index contributed by atoms with van der Waals surface area (Å²) in [5.41, 5.74) is 2.02. The van der Waals surface area contributed by atoms with Gasteiger partial charge in [0.25, 0.3) is 18.2 Å². The maximum Gasteiger partial charge on any atom is 1.00 e. The van der Waals surface area contributed by atoms with Crippen LogP contribution in [0.1, 0.15) is 81.1 Å². The van der Waals surface area contributed by atoms with Crippen LogP contribution in [0, 0.1) is 12.5 Å². The molecule has 5 fully saturated rings. The Hall–Kier alpha value is -6.61. The van der Waals surface area contributed by atoms with E-state index < -0.39 is 165 Å². The zero-order chi connectivity index (χ0) is 66.2. The van der Waals surface area contributed by atoms with Gasteiger partial charge in [-0.25, -0.2) is 6.57 Å². The predicted molar refractivity (Wildman–Crippen MR) is 325 cm³/mol. The third-order valence-corrected chi connectivity index (χ3v) is 17.5. The van der Waals surface area contributed by atoms with Gasteiger partial charge in [0.15, 0.2) is 17.6 Å². The van der Waals surface area contributed by atoms with Crippen LogP contribution in [0.5, 0.6) is 17.2 Å². The second-order valence-electron chi connectivity index (χ2n) is 23.8. The van der Waals surface area contributed by atoms with Crippen LogP contribution >= 0.6 is 12.3 Å². The Morgan fingerprint density at radius 1 is 0.763 bits per heavy atom. The van der Waals surface area contributed by atoms with Gasteiger partial charge in [0.2, 0.25) is 42.0 Å². The fraction of sp³-hybridized carbons (Fsp3) is 0.574. The molecule has 0 spiro atoms. The number of benzene rings is 3. The van der Waals surface area contributed by atoms with Crippen molar-refractivity contribution in [1.29, 1.82) is 0 Å². The Morgan fingerprint density at radius 3 is 2.04 bits per heavy atom. The number of piperazine rings is 1. The molecule has 502 valence electrons. The van der Waals surface area contributed by atoms with E-state index in [9.17, 15) is 74.6 Å². The summed E-state index contributed by atoms with van der Waals surface area (Å²) in [6, 6.07) is 6.66. The predicted octanol–water partition coefficient (Wildman–Crippen LogP) is -5.13. The van der Waals surface area contributed by atoms with Gasteiger partial charge >= 0.3 is 29.6 Å². The van der Waals surface area contributed by atoms with Crippen molar-refractivity contribution in [2.24, 2.45) is 5.92 Å². The molecule has 13 atom stereocenters. The topological polar surface area (TPSA) is 408 Å². The number of nitrogens with one attached hydrogen (secondary N) is 5. The molecule has 8 rings (SSSR count). The molecule has 1 aliphatic carbocycles. The van der Waals surface area contributed by atoms with Crippen molar-refractivity contribution in [2.45, 2.75) is 151 Å². The Kier molecular flexibility index (Phi) is 28.0. The van der Waals surface area contributed by atoms with Crippen LogP contribution < -0.4 is 80.1 Å². The third-order valence-electron chi connectivity index (χ3n) is 17.1. The largest absolute Gasteiger partial charge is 1.00 e. The number of fused-ring (bicyclic) bond motifs is 2. The molecular weight excluding hydrogens is 1250 g/mol. The summed E-state index contributed by atoms with van der Waals surface area (Å²) in [6.07, 6.45) is -5.08. The molecule has 7 amide bonds. The normalized spacial score (nSPS) is 26.5. The molecular formula is C61H81N10NaO20S. The smallest absolute Gasteiger partial charge is 0.691 e. The molecule has 12 N–H and O–H groups in total. The van der Waals surface area contributed by atoms with Crippen LogP contribution in [0.15, 0.2) is 66.7 Å². The molecule has 93 heavy (non-hydrogen) atoms. The van der Waals surface area contributed by atoms with Gasteiger partial charge in [-0.1, -0.05) is 32.3 Å². The second kappa shape index (κ2) is 35.2. The molecule has 4 saturated heterocycles. The SMILES string of the molecule is [C-]#[N+]C[C@@H](O)[C@@H]1NC(=O)[C@H]([C@H](O)Cc2ccc(O)c(OSOO[O-])c2)NC(=O)[C@@H]2C[C@H](O)CN2C(=O)[C@H]([C@H](C)O)NC(=O)[C@@H](NC(=O)c2ccc(N3CCN(c4ccc(OCCCOC5CCCCC5)cc4)CC3)cc2)C[C@H](O)CNC(=O)[C@@H]2[C@@H](O)[C@H](C)CN2C1=O.[Na+]. The van der Waals surface area contributed by atoms with Crippen molar-refractivity contribution >= 4 is 65.0 Å².